The van der Waals surface area contributed by atoms with Crippen molar-refractivity contribution in [2.75, 3.05) is 50.2 Å². The summed E-state index contributed by atoms with van der Waals surface area (Å²) >= 11 is 0. The van der Waals surface area contributed by atoms with Gasteiger partial charge in [0.25, 0.3) is 5.91 Å². The number of likely N-dealkylation sites (tertiary alicyclic amines) is 1. The van der Waals surface area contributed by atoms with Crippen LogP contribution in [0.2, 0.25) is 0 Å². The van der Waals surface area contributed by atoms with Gasteiger partial charge in [-0.3, -0.25) is 9.59 Å². The van der Waals surface area contributed by atoms with Crippen LogP contribution < -0.4 is 20.3 Å². The molecule has 0 aliphatic carbocycles. The normalized spacial score (nSPS) is 16.3. The van der Waals surface area contributed by atoms with E-state index in [2.05, 4.69) is 10.6 Å². The van der Waals surface area contributed by atoms with Crippen molar-refractivity contribution >= 4 is 29.2 Å². The fraction of sp³-hybridized carbons (Fsp3) is 0.344. The fourth-order valence-electron chi connectivity index (χ4n) is 5.85. The van der Waals surface area contributed by atoms with E-state index < -0.39 is 23.3 Å². The summed E-state index contributed by atoms with van der Waals surface area (Å²) in [6.07, 6.45) is -3.37. The number of halogens is 3. The first-order valence-corrected chi connectivity index (χ1v) is 14.3. The topological polar surface area (TPSA) is 94.2 Å². The highest BCUT2D eigenvalue weighted by molar-refractivity contribution is 5.97. The SMILES string of the molecule is COc1ccccc1CCNC(=O)CN1CN(c2ccccc2)C2(CCN(C(=O)Nc3cccc(C(F)(F)F)c3)CC2)C1=O. The van der Waals surface area contributed by atoms with Crippen molar-refractivity contribution in [3.05, 3.63) is 90.0 Å². The smallest absolute Gasteiger partial charge is 0.416 e. The van der Waals surface area contributed by atoms with Crippen LogP contribution in [0.4, 0.5) is 29.3 Å². The Morgan fingerprint density at radius 1 is 0.955 bits per heavy atom. The summed E-state index contributed by atoms with van der Waals surface area (Å²) in [4.78, 5) is 44.9. The molecule has 0 saturated carbocycles. The zero-order valence-corrected chi connectivity index (χ0v) is 24.3. The number of anilines is 2. The molecule has 2 saturated heterocycles. The van der Waals surface area contributed by atoms with Gasteiger partial charge in [0.15, 0.2) is 0 Å². The number of nitrogens with zero attached hydrogens (tertiary/aromatic N) is 3. The molecule has 2 aliphatic rings. The van der Waals surface area contributed by atoms with E-state index in [4.69, 9.17) is 4.74 Å². The number of amides is 4. The molecule has 2 fully saturated rings. The molecule has 2 N–H and O–H groups in total. The van der Waals surface area contributed by atoms with Crippen LogP contribution >= 0.6 is 0 Å². The highest BCUT2D eigenvalue weighted by atomic mass is 19.4. The van der Waals surface area contributed by atoms with E-state index in [0.29, 0.717) is 25.8 Å². The Kier molecular flexibility index (Phi) is 8.98. The first-order valence-electron chi connectivity index (χ1n) is 14.3. The maximum Gasteiger partial charge on any atom is 0.416 e. The van der Waals surface area contributed by atoms with Crippen LogP contribution in [-0.2, 0) is 22.2 Å². The van der Waals surface area contributed by atoms with Gasteiger partial charge in [-0.25, -0.2) is 4.79 Å². The molecular weight excluding hydrogens is 575 g/mol. The summed E-state index contributed by atoms with van der Waals surface area (Å²) in [6, 6.07) is 20.9. The van der Waals surface area contributed by atoms with E-state index in [1.807, 2.05) is 59.5 Å². The molecule has 9 nitrogen and oxygen atoms in total. The largest absolute Gasteiger partial charge is 0.496 e. The molecule has 3 aromatic rings. The zero-order chi connectivity index (χ0) is 31.3. The minimum atomic E-state index is -4.53. The van der Waals surface area contributed by atoms with Gasteiger partial charge in [0.2, 0.25) is 5.91 Å². The van der Waals surface area contributed by atoms with Crippen LogP contribution in [0.25, 0.3) is 0 Å². The minimum Gasteiger partial charge on any atom is -0.496 e. The molecule has 5 rings (SSSR count). The second kappa shape index (κ2) is 12.9. The van der Waals surface area contributed by atoms with Crippen LogP contribution in [0, 0.1) is 0 Å². The first kappa shape index (κ1) is 30.7. The molecule has 1 spiro atoms. The molecule has 0 unspecified atom stereocenters. The molecule has 0 bridgehead atoms. The lowest BCUT2D eigenvalue weighted by Gasteiger charge is -2.43. The molecule has 12 heteroatoms. The summed E-state index contributed by atoms with van der Waals surface area (Å²) in [5, 5.41) is 5.44. The maximum absolute atomic E-state index is 13.9. The van der Waals surface area contributed by atoms with Crippen LogP contribution in [0.3, 0.4) is 0 Å². The van der Waals surface area contributed by atoms with Crippen molar-refractivity contribution in [1.82, 2.24) is 15.1 Å². The number of carbonyl (C=O) groups excluding carboxylic acids is 3. The van der Waals surface area contributed by atoms with Gasteiger partial charge in [0.1, 0.15) is 17.8 Å². The molecule has 2 heterocycles. The van der Waals surface area contributed by atoms with Gasteiger partial charge in [0, 0.05) is 31.0 Å². The van der Waals surface area contributed by atoms with Gasteiger partial charge in [-0.2, -0.15) is 13.2 Å². The molecule has 4 amide bonds. The van der Waals surface area contributed by atoms with Gasteiger partial charge < -0.3 is 30.1 Å². The quantitative estimate of drug-likeness (QED) is 0.385. The van der Waals surface area contributed by atoms with E-state index in [1.54, 1.807) is 7.11 Å². The predicted octanol–water partition coefficient (Wildman–Crippen LogP) is 4.75. The van der Waals surface area contributed by atoms with Crippen molar-refractivity contribution in [3.63, 3.8) is 0 Å². The Bertz CT molecular complexity index is 1490. The van der Waals surface area contributed by atoms with Crippen LogP contribution in [-0.4, -0.2) is 73.1 Å². The third-order valence-corrected chi connectivity index (χ3v) is 8.14. The van der Waals surface area contributed by atoms with Crippen LogP contribution in [0.1, 0.15) is 24.0 Å². The van der Waals surface area contributed by atoms with Crippen molar-refractivity contribution < 1.29 is 32.3 Å². The lowest BCUT2D eigenvalue weighted by molar-refractivity contribution is -0.137. The monoisotopic (exact) mass is 609 g/mol. The standard InChI is InChI=1S/C32H34F3N5O4/c1-44-27-13-6-5-8-23(27)14-17-36-28(41)21-39-22-40(26-11-3-2-4-12-26)31(29(39)42)15-18-38(19-16-31)30(43)37-25-10-7-9-24(20-25)32(33,34)35/h2-13,20H,14-19,21-22H2,1H3,(H,36,41)(H,37,43). The minimum absolute atomic E-state index is 0.0378. The number of benzene rings is 3. The molecule has 232 valence electrons. The lowest BCUT2D eigenvalue weighted by Crippen LogP contribution is -2.58. The number of urea groups is 1. The summed E-state index contributed by atoms with van der Waals surface area (Å²) in [5.74, 6) is 0.266. The molecule has 3 aromatic carbocycles. The predicted molar refractivity (Wildman–Crippen MR) is 159 cm³/mol. The zero-order valence-electron chi connectivity index (χ0n) is 24.3. The van der Waals surface area contributed by atoms with Gasteiger partial charge in [-0.1, -0.05) is 42.5 Å². The van der Waals surface area contributed by atoms with Gasteiger partial charge in [-0.05, 0) is 61.2 Å². The summed E-state index contributed by atoms with van der Waals surface area (Å²) in [7, 11) is 1.60. The average Bonchev–Trinajstić information content (AvgIpc) is 3.27. The Morgan fingerprint density at radius 2 is 1.66 bits per heavy atom. The fourth-order valence-corrected chi connectivity index (χ4v) is 5.85. The molecule has 0 aromatic heterocycles. The van der Waals surface area contributed by atoms with Gasteiger partial charge in [-0.15, -0.1) is 0 Å². The Labute approximate surface area is 253 Å². The number of alkyl halides is 3. The van der Waals surface area contributed by atoms with E-state index in [0.717, 1.165) is 29.1 Å². The first-order chi connectivity index (χ1) is 21.1. The third kappa shape index (κ3) is 6.58. The average molecular weight is 610 g/mol. The van der Waals surface area contributed by atoms with Crippen LogP contribution in [0.15, 0.2) is 78.9 Å². The Balaban J connectivity index is 1.24. The Hall–Kier alpha value is -4.74. The summed E-state index contributed by atoms with van der Waals surface area (Å²) in [6.45, 7) is 0.886. The number of piperidine rings is 1. The number of rotatable bonds is 8. The number of hydrogen-bond donors (Lipinski definition) is 2. The highest BCUT2D eigenvalue weighted by Gasteiger charge is 2.54. The van der Waals surface area contributed by atoms with Crippen LogP contribution in [0.5, 0.6) is 5.75 Å². The number of nitrogens with one attached hydrogen (secondary N) is 2. The number of ether oxygens (including phenoxy) is 1. The molecule has 0 atom stereocenters. The molecule has 0 radical (unpaired) electrons. The number of methoxy groups -OCH3 is 1. The highest BCUT2D eigenvalue weighted by Crippen LogP contribution is 2.39. The number of carbonyl (C=O) groups is 3. The van der Waals surface area contributed by atoms with E-state index in [-0.39, 0.29) is 43.8 Å². The second-order valence-electron chi connectivity index (χ2n) is 10.8. The second-order valence-corrected chi connectivity index (χ2v) is 10.8. The van der Waals surface area contributed by atoms with E-state index in [9.17, 15) is 27.6 Å². The summed E-state index contributed by atoms with van der Waals surface area (Å²) < 4.78 is 44.7. The van der Waals surface area contributed by atoms with Crippen molar-refractivity contribution in [3.8, 4) is 5.75 Å². The van der Waals surface area contributed by atoms with Crippen molar-refractivity contribution in [2.45, 2.75) is 31.0 Å². The maximum atomic E-state index is 13.9. The lowest BCUT2D eigenvalue weighted by atomic mass is 9.85. The van der Waals surface area contributed by atoms with E-state index >= 15 is 0 Å². The third-order valence-electron chi connectivity index (χ3n) is 8.14. The number of para-hydroxylation sites is 2. The molecule has 44 heavy (non-hydrogen) atoms. The van der Waals surface area contributed by atoms with Gasteiger partial charge >= 0.3 is 12.2 Å². The Morgan fingerprint density at radius 3 is 2.36 bits per heavy atom. The van der Waals surface area contributed by atoms with E-state index in [1.165, 1.54) is 21.9 Å². The molecular formula is C32H34F3N5O4. The number of hydrogen-bond acceptors (Lipinski definition) is 5. The molecule has 2 aliphatic heterocycles. The summed E-state index contributed by atoms with van der Waals surface area (Å²) in [5.41, 5.74) is 0.00147. The van der Waals surface area contributed by atoms with Crippen molar-refractivity contribution in [1.29, 1.82) is 0 Å². The van der Waals surface area contributed by atoms with Crippen molar-refractivity contribution in [2.24, 2.45) is 0 Å². The van der Waals surface area contributed by atoms with Gasteiger partial charge in [0.05, 0.1) is 19.3 Å².